The Morgan fingerprint density at radius 3 is 1.80 bits per heavy atom. The highest BCUT2D eigenvalue weighted by molar-refractivity contribution is 5.49. The molecule has 1 atom stereocenters. The van der Waals surface area contributed by atoms with Gasteiger partial charge in [0.15, 0.2) is 5.75 Å². The Labute approximate surface area is 205 Å². The average molecular weight is 469 g/mol. The lowest BCUT2D eigenvalue weighted by Crippen LogP contribution is -2.28. The molecule has 0 saturated carbocycles. The standard InChI is InChI=1S/C29H28N2O4/c32-28(21-30(19-23-10-4-1-5-11-23)20-24-12-6-2-7-13-24)26-16-17-29(27(18-26)31(33)34)35-22-25-14-8-3-9-15-25/h1-18,28,32H,19-22H2. The molecule has 0 radical (unpaired) electrons. The van der Waals surface area contributed by atoms with Gasteiger partial charge in [0, 0.05) is 25.7 Å². The second-order valence-corrected chi connectivity index (χ2v) is 8.42. The Kier molecular flexibility index (Phi) is 8.22. The predicted octanol–water partition coefficient (Wildman–Crippen LogP) is 5.91. The number of nitro benzene ring substituents is 1. The normalized spacial score (nSPS) is 11.8. The minimum Gasteiger partial charge on any atom is -0.482 e. The van der Waals surface area contributed by atoms with Gasteiger partial charge in [0.2, 0.25) is 0 Å². The maximum atomic E-state index is 11.7. The molecule has 0 fully saturated rings. The number of hydrogen-bond donors (Lipinski definition) is 1. The zero-order valence-electron chi connectivity index (χ0n) is 19.4. The van der Waals surface area contributed by atoms with E-state index in [1.54, 1.807) is 12.1 Å². The predicted molar refractivity (Wildman–Crippen MR) is 136 cm³/mol. The van der Waals surface area contributed by atoms with Gasteiger partial charge in [-0.3, -0.25) is 15.0 Å². The largest absolute Gasteiger partial charge is 0.482 e. The average Bonchev–Trinajstić information content (AvgIpc) is 2.89. The molecule has 0 amide bonds. The molecule has 4 aromatic carbocycles. The molecule has 4 rings (SSSR count). The van der Waals surface area contributed by atoms with Crippen molar-refractivity contribution in [2.45, 2.75) is 25.8 Å². The van der Waals surface area contributed by atoms with Crippen molar-refractivity contribution in [2.24, 2.45) is 0 Å². The molecule has 1 N–H and O–H groups in total. The Morgan fingerprint density at radius 2 is 1.29 bits per heavy atom. The number of nitro groups is 1. The molecule has 0 bridgehead atoms. The molecule has 1 unspecified atom stereocenters. The fourth-order valence-electron chi connectivity index (χ4n) is 3.96. The van der Waals surface area contributed by atoms with Crippen LogP contribution in [0.15, 0.2) is 109 Å². The molecule has 178 valence electrons. The molecule has 0 saturated heterocycles. The van der Waals surface area contributed by atoms with E-state index in [-0.39, 0.29) is 18.0 Å². The summed E-state index contributed by atoms with van der Waals surface area (Å²) >= 11 is 0. The molecule has 0 aliphatic rings. The van der Waals surface area contributed by atoms with Crippen LogP contribution in [0.2, 0.25) is 0 Å². The molecular formula is C29H28N2O4. The first-order valence-corrected chi connectivity index (χ1v) is 11.5. The summed E-state index contributed by atoms with van der Waals surface area (Å²) in [6.45, 7) is 1.84. The van der Waals surface area contributed by atoms with Crippen molar-refractivity contribution >= 4 is 5.69 Å². The van der Waals surface area contributed by atoms with Crippen LogP contribution in [0.5, 0.6) is 5.75 Å². The van der Waals surface area contributed by atoms with Gasteiger partial charge in [-0.15, -0.1) is 0 Å². The number of aliphatic hydroxyl groups excluding tert-OH is 1. The molecule has 0 aliphatic carbocycles. The van der Waals surface area contributed by atoms with Crippen LogP contribution in [0.25, 0.3) is 0 Å². The summed E-state index contributed by atoms with van der Waals surface area (Å²) in [5.74, 6) is 0.181. The van der Waals surface area contributed by atoms with Crippen molar-refractivity contribution in [1.82, 2.24) is 4.90 Å². The van der Waals surface area contributed by atoms with Gasteiger partial charge >= 0.3 is 5.69 Å². The van der Waals surface area contributed by atoms with Gasteiger partial charge in [0.1, 0.15) is 6.61 Å². The molecule has 0 heterocycles. The van der Waals surface area contributed by atoms with Gasteiger partial charge in [-0.2, -0.15) is 0 Å². The van der Waals surface area contributed by atoms with Gasteiger partial charge in [-0.25, -0.2) is 0 Å². The van der Waals surface area contributed by atoms with E-state index in [1.165, 1.54) is 6.07 Å². The van der Waals surface area contributed by atoms with Gasteiger partial charge in [-0.05, 0) is 28.3 Å². The van der Waals surface area contributed by atoms with Crippen LogP contribution in [0, 0.1) is 10.1 Å². The van der Waals surface area contributed by atoms with E-state index < -0.39 is 11.0 Å². The third-order valence-electron chi connectivity index (χ3n) is 5.73. The summed E-state index contributed by atoms with van der Waals surface area (Å²) in [6, 6.07) is 34.3. The number of hydrogen-bond acceptors (Lipinski definition) is 5. The summed E-state index contributed by atoms with van der Waals surface area (Å²) in [6.07, 6.45) is -0.899. The number of ether oxygens (including phenoxy) is 1. The summed E-state index contributed by atoms with van der Waals surface area (Å²) < 4.78 is 5.72. The van der Waals surface area contributed by atoms with Crippen molar-refractivity contribution in [3.05, 3.63) is 142 Å². The maximum Gasteiger partial charge on any atom is 0.311 e. The highest BCUT2D eigenvalue weighted by Gasteiger charge is 2.21. The maximum absolute atomic E-state index is 11.7. The van der Waals surface area contributed by atoms with E-state index in [0.717, 1.165) is 16.7 Å². The van der Waals surface area contributed by atoms with Crippen molar-refractivity contribution in [1.29, 1.82) is 0 Å². The molecule has 0 aliphatic heterocycles. The summed E-state index contributed by atoms with van der Waals surface area (Å²) in [4.78, 5) is 13.4. The van der Waals surface area contributed by atoms with Gasteiger partial charge in [0.05, 0.1) is 11.0 Å². The zero-order valence-corrected chi connectivity index (χ0v) is 19.4. The van der Waals surface area contributed by atoms with Crippen molar-refractivity contribution < 1.29 is 14.8 Å². The first kappa shape index (κ1) is 24.1. The second kappa shape index (κ2) is 11.9. The molecular weight excluding hydrogens is 440 g/mol. The van der Waals surface area contributed by atoms with Crippen LogP contribution in [0.4, 0.5) is 5.69 Å². The molecule has 0 aromatic heterocycles. The molecule has 35 heavy (non-hydrogen) atoms. The zero-order chi connectivity index (χ0) is 24.5. The van der Waals surface area contributed by atoms with Crippen LogP contribution in [-0.4, -0.2) is 21.5 Å². The molecule has 4 aromatic rings. The third-order valence-corrected chi connectivity index (χ3v) is 5.73. The van der Waals surface area contributed by atoms with E-state index in [2.05, 4.69) is 4.90 Å². The van der Waals surface area contributed by atoms with Gasteiger partial charge < -0.3 is 9.84 Å². The number of rotatable bonds is 11. The fraction of sp³-hybridized carbons (Fsp3) is 0.172. The molecule has 6 heteroatoms. The highest BCUT2D eigenvalue weighted by atomic mass is 16.6. The number of aliphatic hydroxyl groups is 1. The summed E-state index contributed by atoms with van der Waals surface area (Å²) in [5.41, 5.74) is 3.51. The van der Waals surface area contributed by atoms with Crippen molar-refractivity contribution in [3.63, 3.8) is 0 Å². The van der Waals surface area contributed by atoms with Crippen molar-refractivity contribution in [2.75, 3.05) is 6.54 Å². The van der Waals surface area contributed by atoms with Crippen LogP contribution < -0.4 is 4.74 Å². The Balaban J connectivity index is 1.50. The van der Waals surface area contributed by atoms with Crippen LogP contribution in [0.1, 0.15) is 28.4 Å². The summed E-state index contributed by atoms with van der Waals surface area (Å²) in [5, 5.41) is 22.8. The van der Waals surface area contributed by atoms with E-state index >= 15 is 0 Å². The Bertz CT molecular complexity index is 1180. The van der Waals surface area contributed by atoms with Crippen molar-refractivity contribution in [3.8, 4) is 5.75 Å². The minimum atomic E-state index is -0.899. The monoisotopic (exact) mass is 468 g/mol. The lowest BCUT2D eigenvalue weighted by Gasteiger charge is -2.25. The quantitative estimate of drug-likeness (QED) is 0.219. The van der Waals surface area contributed by atoms with E-state index in [1.807, 2.05) is 91.0 Å². The topological polar surface area (TPSA) is 75.8 Å². The van der Waals surface area contributed by atoms with Gasteiger partial charge in [0.25, 0.3) is 0 Å². The lowest BCUT2D eigenvalue weighted by atomic mass is 10.1. The minimum absolute atomic E-state index is 0.157. The Morgan fingerprint density at radius 1 is 0.771 bits per heavy atom. The highest BCUT2D eigenvalue weighted by Crippen LogP contribution is 2.31. The van der Waals surface area contributed by atoms with E-state index in [0.29, 0.717) is 25.2 Å². The number of benzene rings is 4. The fourth-order valence-corrected chi connectivity index (χ4v) is 3.96. The van der Waals surface area contributed by atoms with Crippen LogP contribution >= 0.6 is 0 Å². The first-order chi connectivity index (χ1) is 17.1. The molecule has 0 spiro atoms. The molecule has 6 nitrogen and oxygen atoms in total. The van der Waals surface area contributed by atoms with Crippen LogP contribution in [-0.2, 0) is 19.7 Å². The Hall–Kier alpha value is -4.00. The SMILES string of the molecule is O=[N+]([O-])c1cc(C(O)CN(Cc2ccccc2)Cc2ccccc2)ccc1OCc1ccccc1. The van der Waals surface area contributed by atoms with E-state index in [4.69, 9.17) is 4.74 Å². The second-order valence-electron chi connectivity index (χ2n) is 8.42. The first-order valence-electron chi connectivity index (χ1n) is 11.5. The number of nitrogens with zero attached hydrogens (tertiary/aromatic N) is 2. The lowest BCUT2D eigenvalue weighted by molar-refractivity contribution is -0.386. The van der Waals surface area contributed by atoms with E-state index in [9.17, 15) is 15.2 Å². The smallest absolute Gasteiger partial charge is 0.311 e. The van der Waals surface area contributed by atoms with Gasteiger partial charge in [-0.1, -0.05) is 97.1 Å². The summed E-state index contributed by atoms with van der Waals surface area (Å²) in [7, 11) is 0. The van der Waals surface area contributed by atoms with Crippen LogP contribution in [0.3, 0.4) is 0 Å². The third kappa shape index (κ3) is 6.99.